The molecule has 0 saturated carbocycles. The first kappa shape index (κ1) is 12.8. The second-order valence-electron chi connectivity index (χ2n) is 4.56. The van der Waals surface area contributed by atoms with Crippen LogP contribution in [0.4, 0.5) is 0 Å². The van der Waals surface area contributed by atoms with Crippen molar-refractivity contribution in [3.05, 3.63) is 32.9 Å². The first-order chi connectivity index (χ1) is 9.15. The van der Waals surface area contributed by atoms with Gasteiger partial charge in [0.05, 0.1) is 10.3 Å². The molecule has 0 radical (unpaired) electrons. The van der Waals surface area contributed by atoms with Crippen LogP contribution in [0.25, 0.3) is 0 Å². The van der Waals surface area contributed by atoms with Gasteiger partial charge in [-0.3, -0.25) is 4.79 Å². The van der Waals surface area contributed by atoms with Gasteiger partial charge in [0, 0.05) is 11.4 Å². The third-order valence-corrected chi connectivity index (χ3v) is 5.02. The van der Waals surface area contributed by atoms with E-state index >= 15 is 0 Å². The molecule has 100 valence electrons. The molecule has 2 aromatic rings. The SMILES string of the molecule is CC(C(=O)N1CCc2cc(Br)sc2C1)n1cncn1. The summed E-state index contributed by atoms with van der Waals surface area (Å²) < 4.78 is 2.73. The average Bonchev–Trinajstić information content (AvgIpc) is 3.03. The standard InChI is InChI=1S/C12H13BrN4OS/c1-8(17-7-14-6-15-17)12(18)16-3-2-9-4-11(13)19-10(9)5-16/h4,6-8H,2-3,5H2,1H3. The fourth-order valence-electron chi connectivity index (χ4n) is 2.27. The molecule has 0 N–H and O–H groups in total. The third kappa shape index (κ3) is 2.44. The van der Waals surface area contributed by atoms with Crippen LogP contribution in [0, 0.1) is 0 Å². The second-order valence-corrected chi connectivity index (χ2v) is 7.08. The van der Waals surface area contributed by atoms with Crippen molar-refractivity contribution in [3.63, 3.8) is 0 Å². The number of carbonyl (C=O) groups is 1. The summed E-state index contributed by atoms with van der Waals surface area (Å²) in [5, 5.41) is 4.03. The van der Waals surface area contributed by atoms with Crippen molar-refractivity contribution < 1.29 is 4.79 Å². The van der Waals surface area contributed by atoms with E-state index in [2.05, 4.69) is 32.1 Å². The van der Waals surface area contributed by atoms with Crippen molar-refractivity contribution in [1.82, 2.24) is 19.7 Å². The topological polar surface area (TPSA) is 51.0 Å². The van der Waals surface area contributed by atoms with Crippen LogP contribution < -0.4 is 0 Å². The van der Waals surface area contributed by atoms with E-state index in [1.54, 1.807) is 22.3 Å². The highest BCUT2D eigenvalue weighted by Gasteiger charge is 2.27. The van der Waals surface area contributed by atoms with E-state index in [0.29, 0.717) is 6.54 Å². The Morgan fingerprint density at radius 2 is 2.42 bits per heavy atom. The molecule has 1 amide bonds. The van der Waals surface area contributed by atoms with Crippen LogP contribution >= 0.6 is 27.3 Å². The molecule has 7 heteroatoms. The Hall–Kier alpha value is -1.21. The Morgan fingerprint density at radius 1 is 1.58 bits per heavy atom. The Labute approximate surface area is 123 Å². The molecule has 0 aromatic carbocycles. The van der Waals surface area contributed by atoms with Gasteiger partial charge < -0.3 is 4.90 Å². The van der Waals surface area contributed by atoms with Crippen LogP contribution in [0.3, 0.4) is 0 Å². The van der Waals surface area contributed by atoms with Crippen LogP contribution in [-0.4, -0.2) is 32.1 Å². The van der Waals surface area contributed by atoms with Crippen molar-refractivity contribution in [2.45, 2.75) is 25.9 Å². The first-order valence-electron chi connectivity index (χ1n) is 6.05. The highest BCUT2D eigenvalue weighted by atomic mass is 79.9. The van der Waals surface area contributed by atoms with Gasteiger partial charge in [-0.1, -0.05) is 0 Å². The minimum absolute atomic E-state index is 0.0978. The van der Waals surface area contributed by atoms with Gasteiger partial charge in [-0.05, 0) is 40.9 Å². The van der Waals surface area contributed by atoms with Crippen molar-refractivity contribution in [2.75, 3.05) is 6.54 Å². The van der Waals surface area contributed by atoms with Gasteiger partial charge in [-0.15, -0.1) is 11.3 Å². The summed E-state index contributed by atoms with van der Waals surface area (Å²) in [5.41, 5.74) is 1.36. The number of halogens is 1. The van der Waals surface area contributed by atoms with Crippen LogP contribution in [0.1, 0.15) is 23.4 Å². The maximum Gasteiger partial charge on any atom is 0.247 e. The Morgan fingerprint density at radius 3 is 3.16 bits per heavy atom. The van der Waals surface area contributed by atoms with Crippen LogP contribution in [0.5, 0.6) is 0 Å². The largest absolute Gasteiger partial charge is 0.335 e. The number of aromatic nitrogens is 3. The molecular weight excluding hydrogens is 328 g/mol. The van der Waals surface area contributed by atoms with Gasteiger partial charge in [0.15, 0.2) is 0 Å². The summed E-state index contributed by atoms with van der Waals surface area (Å²) in [4.78, 5) is 19.5. The Bertz CT molecular complexity index is 595. The number of thiophene rings is 1. The number of nitrogens with zero attached hydrogens (tertiary/aromatic N) is 4. The number of carbonyl (C=O) groups excluding carboxylic acids is 1. The zero-order valence-corrected chi connectivity index (χ0v) is 12.8. The Kier molecular flexibility index (Phi) is 3.40. The highest BCUT2D eigenvalue weighted by molar-refractivity contribution is 9.11. The minimum Gasteiger partial charge on any atom is -0.335 e. The van der Waals surface area contributed by atoms with Crippen LogP contribution in [0.2, 0.25) is 0 Å². The summed E-state index contributed by atoms with van der Waals surface area (Å²) in [6.07, 6.45) is 3.96. The van der Waals surface area contributed by atoms with Crippen LogP contribution in [-0.2, 0) is 17.8 Å². The molecule has 2 aromatic heterocycles. The molecule has 1 atom stereocenters. The van der Waals surface area contributed by atoms with Gasteiger partial charge >= 0.3 is 0 Å². The number of hydrogen-bond acceptors (Lipinski definition) is 4. The maximum absolute atomic E-state index is 12.4. The molecule has 5 nitrogen and oxygen atoms in total. The summed E-state index contributed by atoms with van der Waals surface area (Å²) in [5.74, 6) is 0.0978. The maximum atomic E-state index is 12.4. The van der Waals surface area contributed by atoms with Crippen LogP contribution in [0.15, 0.2) is 22.5 Å². The lowest BCUT2D eigenvalue weighted by atomic mass is 10.1. The molecule has 3 rings (SSSR count). The summed E-state index contributed by atoms with van der Waals surface area (Å²) in [6, 6.07) is 1.86. The molecular formula is C12H13BrN4OS. The van der Waals surface area contributed by atoms with E-state index in [-0.39, 0.29) is 11.9 Å². The van der Waals surface area contributed by atoms with E-state index in [1.807, 2.05) is 11.8 Å². The number of rotatable bonds is 2. The summed E-state index contributed by atoms with van der Waals surface area (Å²) >= 11 is 5.21. The molecule has 0 fully saturated rings. The van der Waals surface area contributed by atoms with E-state index in [9.17, 15) is 4.79 Å². The second kappa shape index (κ2) is 5.05. The molecule has 1 aliphatic heterocycles. The van der Waals surface area contributed by atoms with E-state index in [1.165, 1.54) is 16.8 Å². The molecule has 0 saturated heterocycles. The molecule has 19 heavy (non-hydrogen) atoms. The molecule has 1 aliphatic rings. The lowest BCUT2D eigenvalue weighted by Gasteiger charge is -2.29. The predicted molar refractivity (Wildman–Crippen MR) is 75.9 cm³/mol. The van der Waals surface area contributed by atoms with E-state index < -0.39 is 0 Å². The van der Waals surface area contributed by atoms with Gasteiger partial charge in [0.2, 0.25) is 5.91 Å². The average molecular weight is 341 g/mol. The number of hydrogen-bond donors (Lipinski definition) is 0. The van der Waals surface area contributed by atoms with Gasteiger partial charge in [0.25, 0.3) is 0 Å². The lowest BCUT2D eigenvalue weighted by Crippen LogP contribution is -2.39. The highest BCUT2D eigenvalue weighted by Crippen LogP contribution is 2.32. The Balaban J connectivity index is 1.76. The van der Waals surface area contributed by atoms with Crippen molar-refractivity contribution >= 4 is 33.2 Å². The molecule has 0 bridgehead atoms. The monoisotopic (exact) mass is 340 g/mol. The lowest BCUT2D eigenvalue weighted by molar-refractivity contribution is -0.135. The molecule has 1 unspecified atom stereocenters. The first-order valence-corrected chi connectivity index (χ1v) is 7.66. The minimum atomic E-state index is -0.299. The van der Waals surface area contributed by atoms with Gasteiger partial charge in [-0.2, -0.15) is 5.10 Å². The van der Waals surface area contributed by atoms with Crippen molar-refractivity contribution in [1.29, 1.82) is 0 Å². The molecule has 0 spiro atoms. The van der Waals surface area contributed by atoms with Gasteiger partial charge in [0.1, 0.15) is 18.7 Å². The fraction of sp³-hybridized carbons (Fsp3) is 0.417. The fourth-order valence-corrected chi connectivity index (χ4v) is 4.08. The quantitative estimate of drug-likeness (QED) is 0.842. The van der Waals surface area contributed by atoms with Crippen molar-refractivity contribution in [2.24, 2.45) is 0 Å². The zero-order valence-electron chi connectivity index (χ0n) is 10.4. The number of amides is 1. The summed E-state index contributed by atoms with van der Waals surface area (Å²) in [7, 11) is 0. The number of fused-ring (bicyclic) bond motifs is 1. The molecule has 3 heterocycles. The smallest absolute Gasteiger partial charge is 0.247 e. The zero-order chi connectivity index (χ0) is 13.4. The summed E-state index contributed by atoms with van der Waals surface area (Å²) in [6.45, 7) is 3.33. The third-order valence-electron chi connectivity index (χ3n) is 3.35. The predicted octanol–water partition coefficient (Wildman–Crippen LogP) is 2.25. The van der Waals surface area contributed by atoms with Gasteiger partial charge in [-0.25, -0.2) is 9.67 Å². The van der Waals surface area contributed by atoms with E-state index in [4.69, 9.17) is 0 Å². The van der Waals surface area contributed by atoms with Crippen molar-refractivity contribution in [3.8, 4) is 0 Å². The molecule has 0 aliphatic carbocycles. The van der Waals surface area contributed by atoms with E-state index in [0.717, 1.165) is 16.8 Å². The normalized spacial score (nSPS) is 16.2.